The van der Waals surface area contributed by atoms with E-state index in [9.17, 15) is 0 Å². The molecule has 100 valence electrons. The second-order valence-electron chi connectivity index (χ2n) is 6.11. The Bertz CT molecular complexity index is 386. The van der Waals surface area contributed by atoms with E-state index in [0.717, 1.165) is 24.3 Å². The topological polar surface area (TPSA) is 12.0 Å². The fourth-order valence-electron chi connectivity index (χ4n) is 3.94. The maximum atomic E-state index is 3.82. The Morgan fingerprint density at radius 3 is 2.61 bits per heavy atom. The number of aryl methyl sites for hydroxylation is 1. The van der Waals surface area contributed by atoms with E-state index in [1.807, 2.05) is 11.3 Å². The first-order chi connectivity index (χ1) is 8.81. The van der Waals surface area contributed by atoms with Crippen LogP contribution < -0.4 is 5.32 Å². The van der Waals surface area contributed by atoms with Crippen LogP contribution in [0.1, 0.15) is 55.5 Å². The molecule has 2 heteroatoms. The molecule has 1 heterocycles. The van der Waals surface area contributed by atoms with Crippen molar-refractivity contribution in [1.29, 1.82) is 0 Å². The van der Waals surface area contributed by atoms with Crippen LogP contribution >= 0.6 is 11.3 Å². The lowest BCUT2D eigenvalue weighted by molar-refractivity contribution is 0.446. The minimum atomic E-state index is 0.642. The third kappa shape index (κ3) is 2.37. The summed E-state index contributed by atoms with van der Waals surface area (Å²) in [6, 6.07) is 3.05. The second kappa shape index (κ2) is 5.34. The molecule has 2 aliphatic rings. The third-order valence-corrected chi connectivity index (χ3v) is 5.71. The Labute approximate surface area is 115 Å². The van der Waals surface area contributed by atoms with Crippen LogP contribution in [0, 0.1) is 24.7 Å². The first-order valence-electron chi connectivity index (χ1n) is 7.59. The first kappa shape index (κ1) is 12.7. The number of hydrogen-bond donors (Lipinski definition) is 1. The molecule has 0 amide bonds. The van der Waals surface area contributed by atoms with E-state index in [4.69, 9.17) is 0 Å². The average Bonchev–Trinajstić information content (AvgIpc) is 2.95. The van der Waals surface area contributed by atoms with Crippen molar-refractivity contribution in [2.24, 2.45) is 17.8 Å². The van der Waals surface area contributed by atoms with E-state index in [1.165, 1.54) is 37.0 Å². The van der Waals surface area contributed by atoms with Gasteiger partial charge in [0.2, 0.25) is 0 Å². The largest absolute Gasteiger partial charge is 0.310 e. The fourth-order valence-corrected chi connectivity index (χ4v) is 4.69. The molecule has 3 atom stereocenters. The van der Waals surface area contributed by atoms with Gasteiger partial charge in [0.25, 0.3) is 0 Å². The highest BCUT2D eigenvalue weighted by molar-refractivity contribution is 7.10. The van der Waals surface area contributed by atoms with Crippen molar-refractivity contribution in [3.8, 4) is 0 Å². The molecule has 2 fully saturated rings. The smallest absolute Gasteiger partial charge is 0.0362 e. The molecule has 3 rings (SSSR count). The lowest BCUT2D eigenvalue weighted by Gasteiger charge is -2.18. The molecule has 2 saturated carbocycles. The van der Waals surface area contributed by atoms with Gasteiger partial charge in [-0.05, 0) is 67.5 Å². The van der Waals surface area contributed by atoms with Gasteiger partial charge in [0.1, 0.15) is 0 Å². The molecule has 3 unspecified atom stereocenters. The van der Waals surface area contributed by atoms with Gasteiger partial charge < -0.3 is 5.32 Å². The average molecular weight is 263 g/mol. The highest BCUT2D eigenvalue weighted by Gasteiger charge is 2.54. The predicted octanol–water partition coefficient (Wildman–Crippen LogP) is 4.53. The normalized spacial score (nSPS) is 32.0. The van der Waals surface area contributed by atoms with Crippen molar-refractivity contribution in [1.82, 2.24) is 5.32 Å². The van der Waals surface area contributed by atoms with Crippen LogP contribution in [0.15, 0.2) is 11.4 Å². The van der Waals surface area contributed by atoms with Crippen LogP contribution in [0.3, 0.4) is 0 Å². The van der Waals surface area contributed by atoms with Crippen LogP contribution in [0.5, 0.6) is 0 Å². The van der Waals surface area contributed by atoms with Crippen LogP contribution in [0.2, 0.25) is 0 Å². The van der Waals surface area contributed by atoms with E-state index in [-0.39, 0.29) is 0 Å². The van der Waals surface area contributed by atoms with Crippen LogP contribution in [0.25, 0.3) is 0 Å². The zero-order chi connectivity index (χ0) is 12.5. The molecule has 1 aromatic rings. The molecular weight excluding hydrogens is 238 g/mol. The number of hydrogen-bond acceptors (Lipinski definition) is 2. The molecule has 18 heavy (non-hydrogen) atoms. The van der Waals surface area contributed by atoms with Gasteiger partial charge in [0.15, 0.2) is 0 Å². The quantitative estimate of drug-likeness (QED) is 0.823. The molecule has 2 aliphatic carbocycles. The molecule has 0 radical (unpaired) electrons. The van der Waals surface area contributed by atoms with E-state index < -0.39 is 0 Å². The summed E-state index contributed by atoms with van der Waals surface area (Å²) in [5.74, 6) is 3.01. The Hall–Kier alpha value is -0.340. The van der Waals surface area contributed by atoms with Crippen LogP contribution in [-0.4, -0.2) is 6.54 Å². The van der Waals surface area contributed by atoms with Crippen molar-refractivity contribution in [3.05, 3.63) is 21.9 Å². The molecule has 1 N–H and O–H groups in total. The maximum absolute atomic E-state index is 3.82. The summed E-state index contributed by atoms with van der Waals surface area (Å²) in [5.41, 5.74) is 1.56. The van der Waals surface area contributed by atoms with Gasteiger partial charge in [-0.25, -0.2) is 0 Å². The van der Waals surface area contributed by atoms with Crippen LogP contribution in [0.4, 0.5) is 0 Å². The molecular formula is C16H25NS. The van der Waals surface area contributed by atoms with Crippen molar-refractivity contribution in [2.75, 3.05) is 6.54 Å². The summed E-state index contributed by atoms with van der Waals surface area (Å²) < 4.78 is 0. The summed E-state index contributed by atoms with van der Waals surface area (Å²) >= 11 is 1.90. The summed E-state index contributed by atoms with van der Waals surface area (Å²) in [5, 5.41) is 6.21. The second-order valence-corrected chi connectivity index (χ2v) is 7.23. The first-order valence-corrected chi connectivity index (χ1v) is 8.47. The van der Waals surface area contributed by atoms with E-state index in [2.05, 4.69) is 30.6 Å². The SMILES string of the molecule is CCCNC(c1csc(C)c1)C1C2CCCCC21. The zero-order valence-electron chi connectivity index (χ0n) is 11.6. The number of fused-ring (bicyclic) bond motifs is 1. The van der Waals surface area contributed by atoms with E-state index in [0.29, 0.717) is 6.04 Å². The highest BCUT2D eigenvalue weighted by atomic mass is 32.1. The third-order valence-electron chi connectivity index (χ3n) is 4.83. The van der Waals surface area contributed by atoms with Gasteiger partial charge in [-0.15, -0.1) is 11.3 Å². The Morgan fingerprint density at radius 2 is 2.06 bits per heavy atom. The minimum Gasteiger partial charge on any atom is -0.310 e. The van der Waals surface area contributed by atoms with Gasteiger partial charge in [-0.3, -0.25) is 0 Å². The highest BCUT2D eigenvalue weighted by Crippen LogP contribution is 2.60. The van der Waals surface area contributed by atoms with Gasteiger partial charge in [-0.2, -0.15) is 0 Å². The summed E-state index contributed by atoms with van der Waals surface area (Å²) in [6.07, 6.45) is 7.16. The molecule has 1 aromatic heterocycles. The fraction of sp³-hybridized carbons (Fsp3) is 0.750. The molecule has 0 spiro atoms. The monoisotopic (exact) mass is 263 g/mol. The minimum absolute atomic E-state index is 0.642. The van der Waals surface area contributed by atoms with Crippen molar-refractivity contribution in [2.45, 2.75) is 52.0 Å². The Balaban J connectivity index is 1.74. The lowest BCUT2D eigenvalue weighted by Crippen LogP contribution is -2.24. The molecule has 0 saturated heterocycles. The molecule has 0 aromatic carbocycles. The summed E-state index contributed by atoms with van der Waals surface area (Å²) in [7, 11) is 0. The van der Waals surface area contributed by atoms with E-state index >= 15 is 0 Å². The van der Waals surface area contributed by atoms with Gasteiger partial charge in [-0.1, -0.05) is 19.8 Å². The van der Waals surface area contributed by atoms with Gasteiger partial charge in [0.05, 0.1) is 0 Å². The lowest BCUT2D eigenvalue weighted by atomic mass is 10.0. The van der Waals surface area contributed by atoms with Gasteiger partial charge in [0, 0.05) is 10.9 Å². The maximum Gasteiger partial charge on any atom is 0.0362 e. The van der Waals surface area contributed by atoms with Gasteiger partial charge >= 0.3 is 0 Å². The molecule has 0 bridgehead atoms. The number of rotatable bonds is 5. The Morgan fingerprint density at radius 1 is 1.33 bits per heavy atom. The molecule has 1 nitrogen and oxygen atoms in total. The van der Waals surface area contributed by atoms with Crippen molar-refractivity contribution >= 4 is 11.3 Å². The van der Waals surface area contributed by atoms with Crippen molar-refractivity contribution in [3.63, 3.8) is 0 Å². The summed E-state index contributed by atoms with van der Waals surface area (Å²) in [4.78, 5) is 1.46. The zero-order valence-corrected chi connectivity index (χ0v) is 12.4. The number of thiophene rings is 1. The van der Waals surface area contributed by atoms with Crippen LogP contribution in [-0.2, 0) is 0 Å². The molecule has 0 aliphatic heterocycles. The number of nitrogens with one attached hydrogen (secondary N) is 1. The Kier molecular flexibility index (Phi) is 3.76. The predicted molar refractivity (Wildman–Crippen MR) is 79.0 cm³/mol. The standard InChI is InChI=1S/C16H25NS/c1-3-8-17-16(12-9-11(2)18-10-12)15-13-6-4-5-7-14(13)15/h9-10,13-17H,3-8H2,1-2H3. The summed E-state index contributed by atoms with van der Waals surface area (Å²) in [6.45, 7) is 5.66. The van der Waals surface area contributed by atoms with E-state index in [1.54, 1.807) is 5.56 Å². The van der Waals surface area contributed by atoms with Crippen molar-refractivity contribution < 1.29 is 0 Å².